The molecule has 0 unspecified atom stereocenters. The van der Waals surface area contributed by atoms with Crippen LogP contribution in [0.2, 0.25) is 0 Å². The number of nitrogens with zero attached hydrogens (tertiary/aromatic N) is 3. The fourth-order valence-corrected chi connectivity index (χ4v) is 3.30. The monoisotopic (exact) mass is 388 g/mol. The molecule has 148 valence electrons. The second kappa shape index (κ2) is 8.70. The second-order valence-corrected chi connectivity index (χ2v) is 6.87. The maximum absolute atomic E-state index is 12.2. The quantitative estimate of drug-likeness (QED) is 0.623. The maximum Gasteiger partial charge on any atom is 0.255 e. The number of benzene rings is 1. The fraction of sp³-hybridized carbons (Fsp3) is 0.227. The summed E-state index contributed by atoms with van der Waals surface area (Å²) in [5.74, 6) is 0.676. The highest BCUT2D eigenvalue weighted by atomic mass is 16.1. The summed E-state index contributed by atoms with van der Waals surface area (Å²) in [4.78, 5) is 26.1. The highest BCUT2D eigenvalue weighted by Gasteiger charge is 2.09. The third-order valence-corrected chi connectivity index (χ3v) is 4.95. The van der Waals surface area contributed by atoms with E-state index in [1.165, 1.54) is 5.69 Å². The van der Waals surface area contributed by atoms with E-state index in [2.05, 4.69) is 54.8 Å². The van der Waals surface area contributed by atoms with Crippen LogP contribution in [0.5, 0.6) is 0 Å². The average Bonchev–Trinajstić information content (AvgIpc) is 2.79. The molecule has 0 radical (unpaired) electrons. The van der Waals surface area contributed by atoms with Crippen molar-refractivity contribution in [2.24, 2.45) is 0 Å². The van der Waals surface area contributed by atoms with Crippen LogP contribution in [-0.4, -0.2) is 48.2 Å². The number of anilines is 2. The van der Waals surface area contributed by atoms with Gasteiger partial charge in [0.2, 0.25) is 0 Å². The minimum atomic E-state index is -0.139. The number of aromatic amines is 1. The number of hydrogen-bond acceptors (Lipinski definition) is 6. The number of piperazine rings is 1. The SMILES string of the molecule is CNc1cncc(-c2c[nH]c(=O)c(/C=C/c3ccc(N4CCNCC4)cc3)c2)n1. The molecule has 3 heterocycles. The molecular weight excluding hydrogens is 364 g/mol. The molecule has 3 aromatic rings. The lowest BCUT2D eigenvalue weighted by Gasteiger charge is -2.29. The molecule has 1 aliphatic heterocycles. The lowest BCUT2D eigenvalue weighted by molar-refractivity contribution is 0.589. The number of hydrogen-bond donors (Lipinski definition) is 3. The Labute approximate surface area is 169 Å². The molecule has 29 heavy (non-hydrogen) atoms. The summed E-state index contributed by atoms with van der Waals surface area (Å²) in [6, 6.07) is 10.2. The van der Waals surface area contributed by atoms with E-state index in [1.807, 2.05) is 18.2 Å². The summed E-state index contributed by atoms with van der Waals surface area (Å²) in [6.07, 6.45) is 8.77. The summed E-state index contributed by atoms with van der Waals surface area (Å²) in [7, 11) is 1.79. The first-order valence-electron chi connectivity index (χ1n) is 9.70. The van der Waals surface area contributed by atoms with Crippen molar-refractivity contribution < 1.29 is 0 Å². The van der Waals surface area contributed by atoms with Crippen LogP contribution in [-0.2, 0) is 0 Å². The molecule has 0 atom stereocenters. The molecule has 2 aromatic heterocycles. The number of pyridine rings is 1. The van der Waals surface area contributed by atoms with Crippen molar-refractivity contribution in [3.8, 4) is 11.3 Å². The molecule has 1 fully saturated rings. The van der Waals surface area contributed by atoms with Crippen molar-refractivity contribution in [1.82, 2.24) is 20.3 Å². The molecule has 0 bridgehead atoms. The lowest BCUT2D eigenvalue weighted by Crippen LogP contribution is -2.43. The van der Waals surface area contributed by atoms with E-state index in [1.54, 1.807) is 25.6 Å². The predicted molar refractivity (Wildman–Crippen MR) is 118 cm³/mol. The van der Waals surface area contributed by atoms with Crippen LogP contribution in [0.1, 0.15) is 11.1 Å². The Morgan fingerprint density at radius 1 is 1.10 bits per heavy atom. The normalized spacial score (nSPS) is 14.3. The third-order valence-electron chi connectivity index (χ3n) is 4.95. The van der Waals surface area contributed by atoms with Gasteiger partial charge in [0, 0.05) is 56.2 Å². The van der Waals surface area contributed by atoms with Crippen LogP contribution in [0.25, 0.3) is 23.4 Å². The molecule has 4 rings (SSSR count). The first-order chi connectivity index (χ1) is 14.2. The molecular formula is C22H24N6O. The summed E-state index contributed by atoms with van der Waals surface area (Å²) in [5.41, 5.74) is 4.22. The van der Waals surface area contributed by atoms with Gasteiger partial charge >= 0.3 is 0 Å². The van der Waals surface area contributed by atoms with Gasteiger partial charge in [-0.1, -0.05) is 18.2 Å². The van der Waals surface area contributed by atoms with Gasteiger partial charge in [-0.05, 0) is 29.8 Å². The Morgan fingerprint density at radius 3 is 2.66 bits per heavy atom. The van der Waals surface area contributed by atoms with E-state index in [0.717, 1.165) is 37.3 Å². The van der Waals surface area contributed by atoms with Crippen molar-refractivity contribution in [1.29, 1.82) is 0 Å². The number of aromatic nitrogens is 3. The van der Waals surface area contributed by atoms with Crippen molar-refractivity contribution in [3.63, 3.8) is 0 Å². The molecule has 0 amide bonds. The van der Waals surface area contributed by atoms with Crippen LogP contribution in [0.3, 0.4) is 0 Å². The minimum absolute atomic E-state index is 0.139. The molecule has 1 saturated heterocycles. The number of nitrogens with one attached hydrogen (secondary N) is 3. The Morgan fingerprint density at radius 2 is 1.90 bits per heavy atom. The summed E-state index contributed by atoms with van der Waals surface area (Å²) in [6.45, 7) is 4.08. The molecule has 0 aliphatic carbocycles. The zero-order valence-electron chi connectivity index (χ0n) is 16.4. The number of rotatable bonds is 5. The molecule has 0 spiro atoms. The molecule has 7 heteroatoms. The van der Waals surface area contributed by atoms with Crippen molar-refractivity contribution >= 4 is 23.7 Å². The van der Waals surface area contributed by atoms with Gasteiger partial charge in [0.25, 0.3) is 5.56 Å². The molecule has 0 saturated carbocycles. The summed E-state index contributed by atoms with van der Waals surface area (Å²) >= 11 is 0. The van der Waals surface area contributed by atoms with E-state index in [-0.39, 0.29) is 5.56 Å². The first kappa shape index (κ1) is 18.9. The van der Waals surface area contributed by atoms with Crippen molar-refractivity contribution in [3.05, 3.63) is 70.4 Å². The third kappa shape index (κ3) is 4.52. The van der Waals surface area contributed by atoms with Crippen LogP contribution in [0, 0.1) is 0 Å². The fourth-order valence-electron chi connectivity index (χ4n) is 3.30. The smallest absolute Gasteiger partial charge is 0.255 e. The van der Waals surface area contributed by atoms with Gasteiger partial charge in [-0.3, -0.25) is 9.78 Å². The van der Waals surface area contributed by atoms with Crippen molar-refractivity contribution in [2.75, 3.05) is 43.4 Å². The van der Waals surface area contributed by atoms with Gasteiger partial charge in [0.1, 0.15) is 5.82 Å². The van der Waals surface area contributed by atoms with Crippen LogP contribution in [0.4, 0.5) is 11.5 Å². The standard InChI is InChI=1S/C22H24N6O/c1-23-21-15-25-14-20(27-21)18-12-17(22(29)26-13-18)5-2-16-3-6-19(7-4-16)28-10-8-24-9-11-28/h2-7,12-15,24H,8-11H2,1H3,(H,23,27)(H,26,29)/b5-2+. The van der Waals surface area contributed by atoms with Gasteiger partial charge in [-0.2, -0.15) is 0 Å². The van der Waals surface area contributed by atoms with Crippen LogP contribution in [0.15, 0.2) is 53.7 Å². The van der Waals surface area contributed by atoms with Crippen molar-refractivity contribution in [2.45, 2.75) is 0 Å². The lowest BCUT2D eigenvalue weighted by atomic mass is 10.1. The zero-order valence-corrected chi connectivity index (χ0v) is 16.4. The molecule has 7 nitrogen and oxygen atoms in total. The Balaban J connectivity index is 1.54. The predicted octanol–water partition coefficient (Wildman–Crippen LogP) is 2.45. The highest BCUT2D eigenvalue weighted by molar-refractivity contribution is 5.72. The highest BCUT2D eigenvalue weighted by Crippen LogP contribution is 2.19. The molecule has 1 aromatic carbocycles. The van der Waals surface area contributed by atoms with E-state index < -0.39 is 0 Å². The van der Waals surface area contributed by atoms with Gasteiger partial charge < -0.3 is 20.5 Å². The zero-order chi connectivity index (χ0) is 20.1. The Bertz CT molecular complexity index is 1050. The van der Waals surface area contributed by atoms with Gasteiger partial charge in [-0.25, -0.2) is 4.98 Å². The second-order valence-electron chi connectivity index (χ2n) is 6.87. The maximum atomic E-state index is 12.2. The summed E-state index contributed by atoms with van der Waals surface area (Å²) < 4.78 is 0. The average molecular weight is 388 g/mol. The van der Waals surface area contributed by atoms with E-state index in [9.17, 15) is 4.79 Å². The Kier molecular flexibility index (Phi) is 5.67. The van der Waals surface area contributed by atoms with Gasteiger partial charge in [0.15, 0.2) is 0 Å². The van der Waals surface area contributed by atoms with Gasteiger partial charge in [-0.15, -0.1) is 0 Å². The molecule has 1 aliphatic rings. The van der Waals surface area contributed by atoms with E-state index >= 15 is 0 Å². The van der Waals surface area contributed by atoms with E-state index in [4.69, 9.17) is 0 Å². The van der Waals surface area contributed by atoms with E-state index in [0.29, 0.717) is 17.1 Å². The largest absolute Gasteiger partial charge is 0.372 e. The van der Waals surface area contributed by atoms with Crippen LogP contribution < -0.4 is 21.1 Å². The molecule has 3 N–H and O–H groups in total. The van der Waals surface area contributed by atoms with Crippen LogP contribution >= 0.6 is 0 Å². The number of H-pyrrole nitrogens is 1. The van der Waals surface area contributed by atoms with Gasteiger partial charge in [0.05, 0.1) is 18.1 Å². The minimum Gasteiger partial charge on any atom is -0.372 e. The summed E-state index contributed by atoms with van der Waals surface area (Å²) in [5, 5.41) is 6.34. The topological polar surface area (TPSA) is 85.9 Å². The first-order valence-corrected chi connectivity index (χ1v) is 9.70. The Hall–Kier alpha value is -3.45.